The highest BCUT2D eigenvalue weighted by atomic mass is 32.2. The van der Waals surface area contributed by atoms with Gasteiger partial charge in [0, 0.05) is 0 Å². The summed E-state index contributed by atoms with van der Waals surface area (Å²) < 4.78 is 64.8. The summed E-state index contributed by atoms with van der Waals surface area (Å²) in [5, 5.41) is 7.50. The van der Waals surface area contributed by atoms with E-state index in [0.29, 0.717) is 0 Å². The molecule has 0 aliphatic carbocycles. The maximum Gasteiger partial charge on any atom is 0.294 e. The van der Waals surface area contributed by atoms with Crippen LogP contribution < -0.4 is 11.5 Å². The lowest BCUT2D eigenvalue weighted by Crippen LogP contribution is -2.16. The SMILES string of the molecule is NC(=O)Cc1ccc(N=Nc2ccc(CC(N)=O)c(S(=O)(=O)O)c2)cc1S(=O)(=O)O. The molecule has 0 heterocycles. The molecule has 0 spiro atoms. The third-order valence-corrected chi connectivity index (χ3v) is 5.54. The van der Waals surface area contributed by atoms with Crippen molar-refractivity contribution < 1.29 is 35.5 Å². The van der Waals surface area contributed by atoms with Gasteiger partial charge in [0.25, 0.3) is 20.2 Å². The standard InChI is InChI=1S/C16H16N4O8S2/c17-15(21)5-9-1-3-11(7-13(9)29(23,24)25)19-20-12-4-2-10(6-16(18)22)14(8-12)30(26,27)28/h1-4,7-8H,5-6H2,(H2,17,21)(H2,18,22)(H,23,24,25)(H,26,27,28). The molecule has 6 N–H and O–H groups in total. The van der Waals surface area contributed by atoms with Crippen LogP contribution in [-0.2, 0) is 42.7 Å². The van der Waals surface area contributed by atoms with Gasteiger partial charge in [0.1, 0.15) is 0 Å². The Labute approximate surface area is 171 Å². The molecule has 0 radical (unpaired) electrons. The largest absolute Gasteiger partial charge is 0.369 e. The second-order valence-electron chi connectivity index (χ2n) is 6.02. The number of hydrogen-bond acceptors (Lipinski definition) is 8. The van der Waals surface area contributed by atoms with Gasteiger partial charge in [0.2, 0.25) is 11.8 Å². The molecule has 2 aromatic rings. The fraction of sp³-hybridized carbons (Fsp3) is 0.125. The number of nitrogens with zero attached hydrogens (tertiary/aromatic N) is 2. The zero-order valence-electron chi connectivity index (χ0n) is 15.1. The second-order valence-corrected chi connectivity index (χ2v) is 8.80. The minimum absolute atomic E-state index is 0.0478. The number of primary amides is 2. The molecular formula is C16H16N4O8S2. The molecule has 2 rings (SSSR count). The summed E-state index contributed by atoms with van der Waals surface area (Å²) >= 11 is 0. The number of amides is 2. The van der Waals surface area contributed by atoms with Crippen molar-refractivity contribution in [2.24, 2.45) is 21.7 Å². The van der Waals surface area contributed by atoms with Crippen molar-refractivity contribution in [1.29, 1.82) is 0 Å². The molecule has 2 aromatic carbocycles. The molecule has 30 heavy (non-hydrogen) atoms. The Bertz CT molecular complexity index is 1160. The van der Waals surface area contributed by atoms with Crippen LogP contribution in [0.15, 0.2) is 56.4 Å². The van der Waals surface area contributed by atoms with E-state index in [1.165, 1.54) is 24.3 Å². The first-order chi connectivity index (χ1) is 13.8. The summed E-state index contributed by atoms with van der Waals surface area (Å²) in [6.45, 7) is 0. The molecule has 2 amide bonds. The van der Waals surface area contributed by atoms with E-state index in [4.69, 9.17) is 11.5 Å². The van der Waals surface area contributed by atoms with Crippen LogP contribution in [0.2, 0.25) is 0 Å². The van der Waals surface area contributed by atoms with Crippen molar-refractivity contribution in [2.75, 3.05) is 0 Å². The van der Waals surface area contributed by atoms with Crippen molar-refractivity contribution in [3.05, 3.63) is 47.5 Å². The molecule has 0 unspecified atom stereocenters. The molecule has 0 fully saturated rings. The first kappa shape index (κ1) is 23.1. The summed E-state index contributed by atoms with van der Waals surface area (Å²) in [6, 6.07) is 6.90. The summed E-state index contributed by atoms with van der Waals surface area (Å²) in [5.74, 6) is -1.63. The summed E-state index contributed by atoms with van der Waals surface area (Å²) in [4.78, 5) is 20.9. The van der Waals surface area contributed by atoms with Crippen LogP contribution in [0.5, 0.6) is 0 Å². The van der Waals surface area contributed by atoms with Gasteiger partial charge < -0.3 is 11.5 Å². The number of azo groups is 1. The third kappa shape index (κ3) is 6.15. The molecule has 0 aliphatic rings. The van der Waals surface area contributed by atoms with E-state index in [0.717, 1.165) is 12.1 Å². The van der Waals surface area contributed by atoms with Gasteiger partial charge in [-0.3, -0.25) is 18.7 Å². The summed E-state index contributed by atoms with van der Waals surface area (Å²) in [6.07, 6.45) is -0.878. The van der Waals surface area contributed by atoms with E-state index in [9.17, 15) is 35.5 Å². The van der Waals surface area contributed by atoms with Crippen molar-refractivity contribution in [3.63, 3.8) is 0 Å². The van der Waals surface area contributed by atoms with Crippen LogP contribution in [0.25, 0.3) is 0 Å². The average molecular weight is 456 g/mol. The molecular weight excluding hydrogens is 440 g/mol. The average Bonchev–Trinajstić information content (AvgIpc) is 2.59. The van der Waals surface area contributed by atoms with Gasteiger partial charge in [0.15, 0.2) is 0 Å². The maximum atomic E-state index is 11.5. The first-order valence-corrected chi connectivity index (χ1v) is 10.8. The number of nitrogens with two attached hydrogens (primary N) is 2. The zero-order valence-corrected chi connectivity index (χ0v) is 16.7. The lowest BCUT2D eigenvalue weighted by molar-refractivity contribution is -0.118. The van der Waals surface area contributed by atoms with Crippen LogP contribution in [0.1, 0.15) is 11.1 Å². The van der Waals surface area contributed by atoms with Crippen LogP contribution in [0, 0.1) is 0 Å². The molecule has 12 nitrogen and oxygen atoms in total. The molecule has 0 atom stereocenters. The maximum absolute atomic E-state index is 11.5. The number of benzene rings is 2. The van der Waals surface area contributed by atoms with Crippen LogP contribution >= 0.6 is 0 Å². The Morgan fingerprint density at radius 2 is 1.07 bits per heavy atom. The van der Waals surface area contributed by atoms with Gasteiger partial charge in [-0.05, 0) is 35.4 Å². The fourth-order valence-electron chi connectivity index (χ4n) is 2.47. The van der Waals surface area contributed by atoms with Crippen LogP contribution in [0.4, 0.5) is 11.4 Å². The third-order valence-electron chi connectivity index (χ3n) is 3.67. The molecule has 14 heteroatoms. The fourth-order valence-corrected chi connectivity index (χ4v) is 3.96. The Hall–Kier alpha value is -3.20. The van der Waals surface area contributed by atoms with Gasteiger partial charge in [0.05, 0.1) is 34.0 Å². The van der Waals surface area contributed by atoms with E-state index < -0.39 is 54.7 Å². The van der Waals surface area contributed by atoms with Crippen LogP contribution in [-0.4, -0.2) is 37.8 Å². The quantitative estimate of drug-likeness (QED) is 0.325. The number of hydrogen-bond donors (Lipinski definition) is 4. The molecule has 0 aromatic heterocycles. The molecule has 0 saturated carbocycles. The zero-order chi connectivity index (χ0) is 22.7. The lowest BCUT2D eigenvalue weighted by Gasteiger charge is -2.07. The monoisotopic (exact) mass is 456 g/mol. The van der Waals surface area contributed by atoms with Crippen molar-refractivity contribution in [1.82, 2.24) is 0 Å². The normalized spacial score (nSPS) is 12.2. The van der Waals surface area contributed by atoms with Gasteiger partial charge in [-0.25, -0.2) is 0 Å². The summed E-state index contributed by atoms with van der Waals surface area (Å²) in [7, 11) is -9.39. The Morgan fingerprint density at radius 1 is 0.733 bits per heavy atom. The Kier molecular flexibility index (Phi) is 6.66. The predicted octanol–water partition coefficient (Wildman–Crippen LogP) is 0.651. The first-order valence-electron chi connectivity index (χ1n) is 7.96. The minimum Gasteiger partial charge on any atom is -0.369 e. The summed E-state index contributed by atoms with van der Waals surface area (Å²) in [5.41, 5.74) is 9.89. The predicted molar refractivity (Wildman–Crippen MR) is 102 cm³/mol. The molecule has 160 valence electrons. The minimum atomic E-state index is -4.69. The molecule has 0 saturated heterocycles. The Balaban J connectivity index is 2.46. The lowest BCUT2D eigenvalue weighted by atomic mass is 10.1. The van der Waals surface area contributed by atoms with E-state index in [2.05, 4.69) is 10.2 Å². The van der Waals surface area contributed by atoms with Crippen molar-refractivity contribution >= 4 is 43.4 Å². The number of rotatable bonds is 8. The molecule has 0 bridgehead atoms. The topological polar surface area (TPSA) is 220 Å². The van der Waals surface area contributed by atoms with E-state index in [-0.39, 0.29) is 22.5 Å². The highest BCUT2D eigenvalue weighted by Crippen LogP contribution is 2.27. The van der Waals surface area contributed by atoms with Gasteiger partial charge in [-0.1, -0.05) is 12.1 Å². The van der Waals surface area contributed by atoms with Crippen LogP contribution in [0.3, 0.4) is 0 Å². The van der Waals surface area contributed by atoms with Crippen molar-refractivity contribution in [2.45, 2.75) is 22.6 Å². The van der Waals surface area contributed by atoms with E-state index in [1.807, 2.05) is 0 Å². The number of carbonyl (C=O) groups is 2. The smallest absolute Gasteiger partial charge is 0.294 e. The van der Waals surface area contributed by atoms with E-state index >= 15 is 0 Å². The second kappa shape index (κ2) is 8.66. The van der Waals surface area contributed by atoms with Crippen molar-refractivity contribution in [3.8, 4) is 0 Å². The highest BCUT2D eigenvalue weighted by Gasteiger charge is 2.19. The van der Waals surface area contributed by atoms with Gasteiger partial charge in [-0.2, -0.15) is 27.1 Å². The molecule has 0 aliphatic heterocycles. The van der Waals surface area contributed by atoms with E-state index in [1.54, 1.807) is 0 Å². The van der Waals surface area contributed by atoms with Gasteiger partial charge >= 0.3 is 0 Å². The van der Waals surface area contributed by atoms with Gasteiger partial charge in [-0.15, -0.1) is 0 Å². The Morgan fingerprint density at radius 3 is 1.33 bits per heavy atom. The number of carbonyl (C=O) groups excluding carboxylic acids is 2. The highest BCUT2D eigenvalue weighted by molar-refractivity contribution is 7.86.